The lowest BCUT2D eigenvalue weighted by Gasteiger charge is -2.30. The van der Waals surface area contributed by atoms with E-state index in [1.54, 1.807) is 0 Å². The van der Waals surface area contributed by atoms with Crippen molar-refractivity contribution in [1.82, 2.24) is 14.9 Å². The number of rotatable bonds is 4. The van der Waals surface area contributed by atoms with Gasteiger partial charge in [0.15, 0.2) is 0 Å². The van der Waals surface area contributed by atoms with Crippen LogP contribution >= 0.6 is 0 Å². The normalized spacial score (nSPS) is 15.1. The second-order valence-electron chi connectivity index (χ2n) is 6.82. The summed E-state index contributed by atoms with van der Waals surface area (Å²) in [5.74, 6) is 0.119. The summed E-state index contributed by atoms with van der Waals surface area (Å²) in [7, 11) is 0. The van der Waals surface area contributed by atoms with Crippen LogP contribution < -0.4 is 4.74 Å². The third-order valence-electron chi connectivity index (χ3n) is 4.67. The molecule has 9 heteroatoms. The van der Waals surface area contributed by atoms with Gasteiger partial charge in [-0.05, 0) is 42.0 Å². The number of phenols is 1. The summed E-state index contributed by atoms with van der Waals surface area (Å²) in [6.45, 7) is -0.0937. The first-order valence-electron chi connectivity index (χ1n) is 9.24. The molecule has 0 unspecified atom stereocenters. The molecule has 4 rings (SSSR count). The lowest BCUT2D eigenvalue weighted by molar-refractivity contribution is -0.137. The van der Waals surface area contributed by atoms with Crippen molar-refractivity contribution >= 4 is 11.6 Å². The average Bonchev–Trinajstić information content (AvgIpc) is 2.74. The van der Waals surface area contributed by atoms with Crippen molar-refractivity contribution in [2.24, 2.45) is 0 Å². The minimum Gasteiger partial charge on any atom is -0.508 e. The Morgan fingerprint density at radius 1 is 1.10 bits per heavy atom. The number of aromatic nitrogens is 2. The number of carbonyl (C=O) groups excluding carboxylic acids is 1. The summed E-state index contributed by atoms with van der Waals surface area (Å²) in [6.07, 6.45) is -0.275. The number of benzene rings is 2. The van der Waals surface area contributed by atoms with Crippen molar-refractivity contribution in [3.63, 3.8) is 0 Å². The van der Waals surface area contributed by atoms with Gasteiger partial charge >= 0.3 is 6.18 Å². The summed E-state index contributed by atoms with van der Waals surface area (Å²) in [6, 6.07) is 10.8. The van der Waals surface area contributed by atoms with Gasteiger partial charge in [0.1, 0.15) is 29.2 Å². The molecule has 2 aromatic carbocycles. The number of fused-ring (bicyclic) bond motifs is 1. The monoisotopic (exact) mass is 427 g/mol. The van der Waals surface area contributed by atoms with E-state index in [-0.39, 0.29) is 30.3 Å². The average molecular weight is 427 g/mol. The van der Waals surface area contributed by atoms with Crippen LogP contribution in [-0.2, 0) is 23.9 Å². The molecule has 0 aliphatic carbocycles. The summed E-state index contributed by atoms with van der Waals surface area (Å²) in [5, 5.41) is 9.40. The highest BCUT2D eigenvalue weighted by Gasteiger charge is 2.33. The Labute approximate surface area is 175 Å². The van der Waals surface area contributed by atoms with Crippen LogP contribution in [-0.4, -0.2) is 25.9 Å². The Kier molecular flexibility index (Phi) is 5.33. The molecule has 1 aliphatic rings. The first-order valence-corrected chi connectivity index (χ1v) is 9.24. The minimum atomic E-state index is -4.49. The molecule has 0 spiro atoms. The number of phenolic OH excluding ortho intramolecular Hbond substituents is 1. The van der Waals surface area contributed by atoms with Gasteiger partial charge in [0, 0.05) is 12.4 Å². The topological polar surface area (TPSA) is 75.5 Å². The number of hydrogen-bond donors (Lipinski definition) is 1. The van der Waals surface area contributed by atoms with Gasteiger partial charge in [-0.25, -0.2) is 0 Å². The molecule has 158 valence electrons. The molecule has 0 bridgehead atoms. The van der Waals surface area contributed by atoms with E-state index >= 15 is 0 Å². The lowest BCUT2D eigenvalue weighted by atomic mass is 10.0. The maximum Gasteiger partial charge on any atom is 0.416 e. The van der Waals surface area contributed by atoms with Crippen LogP contribution in [0, 0.1) is 0 Å². The third kappa shape index (κ3) is 4.50. The van der Waals surface area contributed by atoms with E-state index in [2.05, 4.69) is 9.97 Å². The zero-order valence-electron chi connectivity index (χ0n) is 16.0. The smallest absolute Gasteiger partial charge is 0.416 e. The number of aromatic hydroxyl groups is 1. The molecule has 6 nitrogen and oxygen atoms in total. The highest BCUT2D eigenvalue weighted by Crippen LogP contribution is 2.32. The summed E-state index contributed by atoms with van der Waals surface area (Å²) >= 11 is 0. The van der Waals surface area contributed by atoms with Gasteiger partial charge < -0.3 is 14.7 Å². The van der Waals surface area contributed by atoms with Crippen LogP contribution in [0.3, 0.4) is 0 Å². The molecular weight excluding hydrogens is 411 g/mol. The molecule has 0 fully saturated rings. The maximum atomic E-state index is 13.1. The lowest BCUT2D eigenvalue weighted by Crippen LogP contribution is -2.36. The van der Waals surface area contributed by atoms with Crippen LogP contribution in [0.25, 0.3) is 5.70 Å². The van der Waals surface area contributed by atoms with Gasteiger partial charge in [0.2, 0.25) is 5.91 Å². The summed E-state index contributed by atoms with van der Waals surface area (Å²) in [5.41, 5.74) is 0.664. The van der Waals surface area contributed by atoms with Crippen molar-refractivity contribution in [1.29, 1.82) is 0 Å². The molecule has 1 amide bonds. The molecule has 0 radical (unpaired) electrons. The largest absolute Gasteiger partial charge is 0.508 e. The first kappa shape index (κ1) is 20.4. The van der Waals surface area contributed by atoms with E-state index in [1.165, 1.54) is 60.0 Å². The Hall–Kier alpha value is -3.88. The highest BCUT2D eigenvalue weighted by atomic mass is 19.4. The van der Waals surface area contributed by atoms with Crippen LogP contribution in [0.2, 0.25) is 0 Å². The molecule has 1 N–H and O–H groups in total. The number of alkyl halides is 3. The Bertz CT molecular complexity index is 1140. The van der Waals surface area contributed by atoms with E-state index in [1.807, 2.05) is 0 Å². The van der Waals surface area contributed by atoms with Gasteiger partial charge in [0.05, 0.1) is 24.2 Å². The molecule has 1 aliphatic heterocycles. The molecule has 1 aromatic heterocycles. The number of halogens is 3. The van der Waals surface area contributed by atoms with Crippen molar-refractivity contribution in [2.75, 3.05) is 0 Å². The zero-order valence-corrected chi connectivity index (χ0v) is 16.0. The van der Waals surface area contributed by atoms with Gasteiger partial charge in [-0.2, -0.15) is 13.2 Å². The van der Waals surface area contributed by atoms with E-state index in [0.717, 1.165) is 12.1 Å². The molecule has 0 saturated carbocycles. The first-order chi connectivity index (χ1) is 14.8. The Morgan fingerprint density at radius 2 is 1.84 bits per heavy atom. The van der Waals surface area contributed by atoms with Crippen LogP contribution in [0.4, 0.5) is 13.2 Å². The standard InChI is InChI=1S/C22H16F3N3O3/c23-22(24,25)15-3-1-2-14(10-15)12-28-19(13-31-17-6-4-16(29)5-7-17)21-18(11-20(28)30)26-8-9-27-21/h1-10,13,29H,11-12H2. The molecule has 31 heavy (non-hydrogen) atoms. The van der Waals surface area contributed by atoms with Crippen molar-refractivity contribution in [2.45, 2.75) is 19.1 Å². The second kappa shape index (κ2) is 8.10. The van der Waals surface area contributed by atoms with Crippen molar-refractivity contribution in [3.05, 3.63) is 89.7 Å². The fourth-order valence-electron chi connectivity index (χ4n) is 3.18. The van der Waals surface area contributed by atoms with Gasteiger partial charge in [0.25, 0.3) is 0 Å². The fourth-order valence-corrected chi connectivity index (χ4v) is 3.18. The van der Waals surface area contributed by atoms with Gasteiger partial charge in [-0.1, -0.05) is 12.1 Å². The number of amides is 1. The molecular formula is C22H16F3N3O3. The van der Waals surface area contributed by atoms with E-state index in [9.17, 15) is 23.1 Å². The number of carbonyl (C=O) groups is 1. The number of nitrogens with zero attached hydrogens (tertiary/aromatic N) is 3. The van der Waals surface area contributed by atoms with Gasteiger partial charge in [-0.15, -0.1) is 0 Å². The third-order valence-corrected chi connectivity index (χ3v) is 4.67. The summed E-state index contributed by atoms with van der Waals surface area (Å²) in [4.78, 5) is 22.6. The van der Waals surface area contributed by atoms with Crippen molar-refractivity contribution in [3.8, 4) is 11.5 Å². The quantitative estimate of drug-likeness (QED) is 0.633. The van der Waals surface area contributed by atoms with E-state index in [4.69, 9.17) is 4.74 Å². The molecule has 0 saturated heterocycles. The Morgan fingerprint density at radius 3 is 2.58 bits per heavy atom. The zero-order chi connectivity index (χ0) is 22.0. The van der Waals surface area contributed by atoms with Crippen molar-refractivity contribution < 1.29 is 27.8 Å². The van der Waals surface area contributed by atoms with Crippen LogP contribution in [0.1, 0.15) is 22.5 Å². The molecule has 3 aromatic rings. The molecule has 0 atom stereocenters. The predicted octanol–water partition coefficient (Wildman–Crippen LogP) is 4.16. The number of ether oxygens (including phenoxy) is 1. The predicted molar refractivity (Wildman–Crippen MR) is 104 cm³/mol. The van der Waals surface area contributed by atoms with E-state index in [0.29, 0.717) is 22.7 Å². The second-order valence-corrected chi connectivity index (χ2v) is 6.82. The minimum absolute atomic E-state index is 0.0291. The van der Waals surface area contributed by atoms with Gasteiger partial charge in [-0.3, -0.25) is 14.8 Å². The fraction of sp³-hybridized carbons (Fsp3) is 0.136. The highest BCUT2D eigenvalue weighted by molar-refractivity contribution is 5.91. The van der Waals surface area contributed by atoms with E-state index < -0.39 is 11.7 Å². The van der Waals surface area contributed by atoms with Crippen LogP contribution in [0.15, 0.2) is 67.2 Å². The summed E-state index contributed by atoms with van der Waals surface area (Å²) < 4.78 is 44.9. The number of hydrogen-bond acceptors (Lipinski definition) is 5. The maximum absolute atomic E-state index is 13.1. The molecule has 2 heterocycles. The van der Waals surface area contributed by atoms with Crippen LogP contribution in [0.5, 0.6) is 11.5 Å². The SMILES string of the molecule is O=C1Cc2nccnc2C(=COc2ccc(O)cc2)N1Cc1cccc(C(F)(F)F)c1. The Balaban J connectivity index is 1.70.